The highest BCUT2D eigenvalue weighted by atomic mass is 16.3. The molecular formula is C23H31N5O2. The Kier molecular flexibility index (Phi) is 7.94. The Balaban J connectivity index is 1.43. The number of anilines is 1. The summed E-state index contributed by atoms with van der Waals surface area (Å²) in [7, 11) is 0. The van der Waals surface area contributed by atoms with Crippen LogP contribution in [0.25, 0.3) is 0 Å². The molecule has 3 rings (SSSR count). The van der Waals surface area contributed by atoms with E-state index < -0.39 is 0 Å². The summed E-state index contributed by atoms with van der Waals surface area (Å²) in [5.41, 5.74) is 1.80. The van der Waals surface area contributed by atoms with Crippen molar-refractivity contribution in [1.29, 1.82) is 0 Å². The molecule has 0 bridgehead atoms. The summed E-state index contributed by atoms with van der Waals surface area (Å²) < 4.78 is 0. The van der Waals surface area contributed by atoms with Crippen LogP contribution in [0.15, 0.2) is 59.6 Å². The summed E-state index contributed by atoms with van der Waals surface area (Å²) in [4.78, 5) is 19.1. The van der Waals surface area contributed by atoms with Gasteiger partial charge in [0.25, 0.3) is 5.91 Å². The summed E-state index contributed by atoms with van der Waals surface area (Å²) in [6, 6.07) is 17.1. The predicted octanol–water partition coefficient (Wildman–Crippen LogP) is 2.35. The molecule has 1 saturated heterocycles. The molecule has 0 atom stereocenters. The highest BCUT2D eigenvalue weighted by molar-refractivity contribution is 5.94. The van der Waals surface area contributed by atoms with Crippen LogP contribution in [0.4, 0.5) is 5.69 Å². The number of aliphatic imine (C=N–C) groups is 1. The van der Waals surface area contributed by atoms with Gasteiger partial charge in [-0.15, -0.1) is 0 Å². The van der Waals surface area contributed by atoms with Gasteiger partial charge in [0.05, 0.1) is 6.54 Å². The average Bonchev–Trinajstić information content (AvgIpc) is 2.78. The molecule has 1 aliphatic heterocycles. The number of piperidine rings is 1. The maximum atomic E-state index is 12.1. The highest BCUT2D eigenvalue weighted by Gasteiger charge is 2.20. The smallest absolute Gasteiger partial charge is 0.251 e. The third kappa shape index (κ3) is 6.40. The Hall–Kier alpha value is -3.22. The number of hydrogen-bond acceptors (Lipinski definition) is 4. The van der Waals surface area contributed by atoms with Gasteiger partial charge in [0, 0.05) is 43.5 Å². The minimum atomic E-state index is -0.170. The first kappa shape index (κ1) is 21.5. The van der Waals surface area contributed by atoms with Gasteiger partial charge in [-0.3, -0.25) is 9.79 Å². The molecule has 0 spiro atoms. The van der Waals surface area contributed by atoms with Crippen molar-refractivity contribution in [3.63, 3.8) is 0 Å². The molecule has 2 aromatic carbocycles. The van der Waals surface area contributed by atoms with Crippen LogP contribution in [0.5, 0.6) is 5.75 Å². The van der Waals surface area contributed by atoms with E-state index in [4.69, 9.17) is 0 Å². The summed E-state index contributed by atoms with van der Waals surface area (Å²) in [6.45, 7) is 5.80. The van der Waals surface area contributed by atoms with E-state index in [1.165, 1.54) is 17.8 Å². The van der Waals surface area contributed by atoms with Gasteiger partial charge in [0.2, 0.25) is 0 Å². The molecule has 1 heterocycles. The molecule has 1 amide bonds. The van der Waals surface area contributed by atoms with Crippen LogP contribution < -0.4 is 20.9 Å². The zero-order valence-corrected chi connectivity index (χ0v) is 17.5. The Labute approximate surface area is 178 Å². The fraction of sp³-hybridized carbons (Fsp3) is 0.391. The normalized spacial score (nSPS) is 15.0. The number of aromatic hydroxyl groups is 1. The van der Waals surface area contributed by atoms with Crippen molar-refractivity contribution in [2.24, 2.45) is 4.99 Å². The minimum absolute atomic E-state index is 0.145. The topological polar surface area (TPSA) is 89.0 Å². The number of phenols is 1. The van der Waals surface area contributed by atoms with Gasteiger partial charge in [0.15, 0.2) is 5.96 Å². The Morgan fingerprint density at radius 3 is 2.43 bits per heavy atom. The molecule has 1 aliphatic rings. The standard InChI is InChI=1S/C23H31N5O2/c1-2-24-23(26-15-14-25-22(30)18-8-10-21(29)11-9-18)27-19-12-16-28(17-13-19)20-6-4-3-5-7-20/h3-11,19,29H,2,12-17H2,1H3,(H,25,30)(H2,24,26,27). The number of guanidine groups is 1. The summed E-state index contributed by atoms with van der Waals surface area (Å²) in [5, 5.41) is 19.0. The van der Waals surface area contributed by atoms with E-state index >= 15 is 0 Å². The van der Waals surface area contributed by atoms with Gasteiger partial charge in [-0.05, 0) is 56.2 Å². The first-order valence-electron chi connectivity index (χ1n) is 10.6. The largest absolute Gasteiger partial charge is 0.508 e. The second-order valence-electron chi connectivity index (χ2n) is 7.30. The van der Waals surface area contributed by atoms with Gasteiger partial charge in [0.1, 0.15) is 5.75 Å². The SMILES string of the molecule is CCNC(=NCCNC(=O)c1ccc(O)cc1)NC1CCN(c2ccccc2)CC1. The third-order valence-corrected chi connectivity index (χ3v) is 5.10. The Morgan fingerprint density at radius 2 is 1.77 bits per heavy atom. The average molecular weight is 410 g/mol. The molecular weight excluding hydrogens is 378 g/mol. The number of para-hydroxylation sites is 1. The van der Waals surface area contributed by atoms with E-state index in [0.717, 1.165) is 38.4 Å². The number of carbonyl (C=O) groups is 1. The molecule has 0 saturated carbocycles. The van der Waals surface area contributed by atoms with Crippen LogP contribution in [0, 0.1) is 0 Å². The van der Waals surface area contributed by atoms with Gasteiger partial charge < -0.3 is 26.0 Å². The van der Waals surface area contributed by atoms with Gasteiger partial charge in [-0.1, -0.05) is 18.2 Å². The Morgan fingerprint density at radius 1 is 1.07 bits per heavy atom. The van der Waals surface area contributed by atoms with E-state index in [9.17, 15) is 9.90 Å². The van der Waals surface area contributed by atoms with Crippen LogP contribution in [0.1, 0.15) is 30.1 Å². The molecule has 7 heteroatoms. The number of phenolic OH excluding ortho intramolecular Hbond substituents is 1. The molecule has 160 valence electrons. The number of benzene rings is 2. The molecule has 0 unspecified atom stereocenters. The van der Waals surface area contributed by atoms with Crippen LogP contribution in [-0.2, 0) is 0 Å². The maximum Gasteiger partial charge on any atom is 0.251 e. The van der Waals surface area contributed by atoms with Crippen LogP contribution in [0.2, 0.25) is 0 Å². The van der Waals surface area contributed by atoms with Crippen LogP contribution in [-0.4, -0.2) is 55.7 Å². The van der Waals surface area contributed by atoms with Crippen molar-refractivity contribution in [3.05, 3.63) is 60.2 Å². The molecule has 30 heavy (non-hydrogen) atoms. The number of amides is 1. The fourth-order valence-corrected chi connectivity index (χ4v) is 3.49. The molecule has 1 fully saturated rings. The first-order valence-corrected chi connectivity index (χ1v) is 10.6. The number of carbonyl (C=O) groups excluding carboxylic acids is 1. The summed E-state index contributed by atoms with van der Waals surface area (Å²) in [5.74, 6) is 0.762. The maximum absolute atomic E-state index is 12.1. The second kappa shape index (κ2) is 11.1. The van der Waals surface area contributed by atoms with Crippen LogP contribution in [0.3, 0.4) is 0 Å². The van der Waals surface area contributed by atoms with E-state index in [1.54, 1.807) is 12.1 Å². The van der Waals surface area contributed by atoms with Gasteiger partial charge >= 0.3 is 0 Å². The van der Waals surface area contributed by atoms with E-state index in [2.05, 4.69) is 50.1 Å². The summed E-state index contributed by atoms with van der Waals surface area (Å²) in [6.07, 6.45) is 2.10. The lowest BCUT2D eigenvalue weighted by Crippen LogP contribution is -2.49. The molecule has 7 nitrogen and oxygen atoms in total. The highest BCUT2D eigenvalue weighted by Crippen LogP contribution is 2.19. The lowest BCUT2D eigenvalue weighted by atomic mass is 10.0. The summed E-state index contributed by atoms with van der Waals surface area (Å²) >= 11 is 0. The molecule has 0 aliphatic carbocycles. The third-order valence-electron chi connectivity index (χ3n) is 5.10. The first-order chi connectivity index (χ1) is 14.7. The van der Waals surface area contributed by atoms with E-state index in [1.807, 2.05) is 13.0 Å². The lowest BCUT2D eigenvalue weighted by molar-refractivity contribution is 0.0955. The van der Waals surface area contributed by atoms with Gasteiger partial charge in [-0.2, -0.15) is 0 Å². The molecule has 0 aromatic heterocycles. The van der Waals surface area contributed by atoms with E-state index in [-0.39, 0.29) is 11.7 Å². The van der Waals surface area contributed by atoms with E-state index in [0.29, 0.717) is 24.7 Å². The zero-order valence-electron chi connectivity index (χ0n) is 17.5. The van der Waals surface area contributed by atoms with Crippen molar-refractivity contribution < 1.29 is 9.90 Å². The monoisotopic (exact) mass is 409 g/mol. The number of hydrogen-bond donors (Lipinski definition) is 4. The fourth-order valence-electron chi connectivity index (χ4n) is 3.49. The second-order valence-corrected chi connectivity index (χ2v) is 7.30. The number of nitrogens with one attached hydrogen (secondary N) is 3. The Bertz CT molecular complexity index is 815. The van der Waals surface area contributed by atoms with Crippen molar-refractivity contribution in [3.8, 4) is 5.75 Å². The molecule has 4 N–H and O–H groups in total. The zero-order chi connectivity index (χ0) is 21.2. The number of nitrogens with zero attached hydrogens (tertiary/aromatic N) is 2. The predicted molar refractivity (Wildman–Crippen MR) is 121 cm³/mol. The van der Waals surface area contributed by atoms with Crippen molar-refractivity contribution in [1.82, 2.24) is 16.0 Å². The lowest BCUT2D eigenvalue weighted by Gasteiger charge is -2.34. The van der Waals surface area contributed by atoms with Gasteiger partial charge in [-0.25, -0.2) is 0 Å². The number of rotatable bonds is 7. The van der Waals surface area contributed by atoms with Crippen molar-refractivity contribution in [2.75, 3.05) is 37.6 Å². The van der Waals surface area contributed by atoms with Crippen molar-refractivity contribution >= 4 is 17.6 Å². The minimum Gasteiger partial charge on any atom is -0.508 e. The van der Waals surface area contributed by atoms with Crippen molar-refractivity contribution in [2.45, 2.75) is 25.8 Å². The quantitative estimate of drug-likeness (QED) is 0.320. The molecule has 0 radical (unpaired) electrons. The molecule has 2 aromatic rings. The van der Waals surface area contributed by atoms with Crippen LogP contribution >= 0.6 is 0 Å².